The summed E-state index contributed by atoms with van der Waals surface area (Å²) < 4.78 is 5.72. The Morgan fingerprint density at radius 2 is 1.92 bits per heavy atom. The molecule has 0 radical (unpaired) electrons. The highest BCUT2D eigenvalue weighted by Gasteiger charge is 2.21. The molecule has 1 heterocycles. The first-order chi connectivity index (χ1) is 12.1. The van der Waals surface area contributed by atoms with E-state index in [9.17, 15) is 9.90 Å². The van der Waals surface area contributed by atoms with Gasteiger partial charge in [-0.2, -0.15) is 0 Å². The van der Waals surface area contributed by atoms with E-state index < -0.39 is 5.97 Å². The first kappa shape index (κ1) is 17.4. The van der Waals surface area contributed by atoms with E-state index in [1.54, 1.807) is 0 Å². The van der Waals surface area contributed by atoms with Gasteiger partial charge in [0.1, 0.15) is 4.60 Å². The predicted molar refractivity (Wildman–Crippen MR) is 102 cm³/mol. The number of aromatic nitrogens is 1. The van der Waals surface area contributed by atoms with Crippen LogP contribution in [-0.4, -0.2) is 22.7 Å². The molecular weight excluding hydrogens is 382 g/mol. The first-order valence-corrected chi connectivity index (χ1v) is 8.96. The van der Waals surface area contributed by atoms with Gasteiger partial charge in [-0.15, -0.1) is 0 Å². The number of halogens is 1. The van der Waals surface area contributed by atoms with Crippen molar-refractivity contribution in [3.05, 3.63) is 58.8 Å². The minimum atomic E-state index is -0.614. The molecule has 3 rings (SSSR count). The van der Waals surface area contributed by atoms with Crippen LogP contribution >= 0.6 is 15.9 Å². The van der Waals surface area contributed by atoms with Crippen LogP contribution in [0.4, 0.5) is 0 Å². The van der Waals surface area contributed by atoms with E-state index in [0.717, 1.165) is 29.4 Å². The van der Waals surface area contributed by atoms with Crippen LogP contribution in [-0.2, 0) is 4.74 Å². The fourth-order valence-corrected chi connectivity index (χ4v) is 3.19. The lowest BCUT2D eigenvalue weighted by molar-refractivity contribution is 0.0489. The fraction of sp³-hybridized carbons (Fsp3) is 0.200. The number of unbranched alkanes of at least 4 members (excludes halogenated alkanes) is 1. The second-order valence-electron chi connectivity index (χ2n) is 5.68. The number of carbonyl (C=O) groups is 1. The van der Waals surface area contributed by atoms with Gasteiger partial charge in [0.2, 0.25) is 0 Å². The first-order valence-electron chi connectivity index (χ1n) is 8.17. The highest BCUT2D eigenvalue weighted by molar-refractivity contribution is 9.10. The number of hydrogen-bond acceptors (Lipinski definition) is 4. The van der Waals surface area contributed by atoms with Gasteiger partial charge in [-0.05, 0) is 33.5 Å². The third-order valence-corrected chi connectivity index (χ3v) is 4.57. The van der Waals surface area contributed by atoms with Gasteiger partial charge in [0.25, 0.3) is 0 Å². The van der Waals surface area contributed by atoms with Crippen LogP contribution in [0.25, 0.3) is 21.9 Å². The van der Waals surface area contributed by atoms with E-state index in [0.29, 0.717) is 16.6 Å². The van der Waals surface area contributed by atoms with E-state index in [1.165, 1.54) is 0 Å². The van der Waals surface area contributed by atoms with Gasteiger partial charge >= 0.3 is 5.97 Å². The highest BCUT2D eigenvalue weighted by atomic mass is 79.9. The number of benzene rings is 2. The molecule has 2 aromatic carbocycles. The second-order valence-corrected chi connectivity index (χ2v) is 6.43. The molecule has 0 unspecified atom stereocenters. The number of ether oxygens (including phenoxy) is 1. The summed E-state index contributed by atoms with van der Waals surface area (Å²) in [6.45, 7) is 2.33. The molecule has 0 aliphatic heterocycles. The summed E-state index contributed by atoms with van der Waals surface area (Å²) in [4.78, 5) is 16.5. The molecule has 25 heavy (non-hydrogen) atoms. The third kappa shape index (κ3) is 3.51. The topological polar surface area (TPSA) is 59.4 Å². The van der Waals surface area contributed by atoms with E-state index in [2.05, 4.69) is 20.9 Å². The van der Waals surface area contributed by atoms with E-state index in [4.69, 9.17) is 4.74 Å². The molecule has 0 saturated carbocycles. The number of hydrogen-bond donors (Lipinski definition) is 1. The Balaban J connectivity index is 2.16. The Bertz CT molecular complexity index is 910. The Kier molecular flexibility index (Phi) is 5.34. The summed E-state index contributed by atoms with van der Waals surface area (Å²) in [6.07, 6.45) is 1.70. The van der Waals surface area contributed by atoms with Crippen molar-refractivity contribution >= 4 is 32.7 Å². The lowest BCUT2D eigenvalue weighted by Crippen LogP contribution is -2.09. The Hall–Kier alpha value is -2.40. The summed E-state index contributed by atoms with van der Waals surface area (Å²) in [7, 11) is 0. The highest BCUT2D eigenvalue weighted by Crippen LogP contribution is 2.39. The van der Waals surface area contributed by atoms with Crippen LogP contribution < -0.4 is 0 Å². The zero-order valence-electron chi connectivity index (χ0n) is 13.8. The fourth-order valence-electron chi connectivity index (χ4n) is 2.69. The number of pyridine rings is 1. The number of esters is 1. The van der Waals surface area contributed by atoms with Gasteiger partial charge in [0, 0.05) is 10.8 Å². The van der Waals surface area contributed by atoms with Gasteiger partial charge < -0.3 is 9.84 Å². The summed E-state index contributed by atoms with van der Waals surface area (Å²) in [5.74, 6) is -0.768. The van der Waals surface area contributed by atoms with Crippen molar-refractivity contribution in [2.24, 2.45) is 0 Å². The van der Waals surface area contributed by atoms with E-state index in [-0.39, 0.29) is 11.4 Å². The Labute approximate surface area is 154 Å². The van der Waals surface area contributed by atoms with Gasteiger partial charge in [-0.3, -0.25) is 0 Å². The maximum Gasteiger partial charge on any atom is 0.360 e. The quantitative estimate of drug-likeness (QED) is 0.358. The maximum absolute atomic E-state index is 12.3. The minimum Gasteiger partial charge on any atom is -0.505 e. The van der Waals surface area contributed by atoms with E-state index >= 15 is 0 Å². The van der Waals surface area contributed by atoms with Crippen LogP contribution in [0.3, 0.4) is 0 Å². The largest absolute Gasteiger partial charge is 0.505 e. The smallest absolute Gasteiger partial charge is 0.360 e. The predicted octanol–water partition coefficient (Wildman–Crippen LogP) is 5.33. The molecule has 5 heteroatoms. The zero-order valence-corrected chi connectivity index (χ0v) is 15.4. The van der Waals surface area contributed by atoms with Crippen LogP contribution in [0.2, 0.25) is 0 Å². The number of fused-ring (bicyclic) bond motifs is 1. The average molecular weight is 400 g/mol. The molecule has 0 spiro atoms. The molecular formula is C20H18BrNO3. The van der Waals surface area contributed by atoms with Gasteiger partial charge in [0.05, 0.1) is 6.61 Å². The summed E-state index contributed by atoms with van der Waals surface area (Å²) in [6, 6.07) is 15.4. The molecule has 1 N–H and O–H groups in total. The SMILES string of the molecule is CCCCOC(=O)c1nc(Br)c2cccc(-c3ccccc3)c2c1O. The minimum absolute atomic E-state index is 0.0705. The maximum atomic E-state index is 12.3. The molecule has 1 aromatic heterocycles. The van der Waals surface area contributed by atoms with Crippen molar-refractivity contribution < 1.29 is 14.6 Å². The molecule has 0 atom stereocenters. The van der Waals surface area contributed by atoms with Crippen LogP contribution in [0, 0.1) is 0 Å². The molecule has 0 bridgehead atoms. The molecule has 4 nitrogen and oxygen atoms in total. The number of nitrogens with zero attached hydrogens (tertiary/aromatic N) is 1. The van der Waals surface area contributed by atoms with Crippen molar-refractivity contribution in [3.63, 3.8) is 0 Å². The second kappa shape index (κ2) is 7.66. The van der Waals surface area contributed by atoms with Gasteiger partial charge in [-0.1, -0.05) is 61.9 Å². The molecule has 0 fully saturated rings. The van der Waals surface area contributed by atoms with E-state index in [1.807, 2.05) is 55.5 Å². The van der Waals surface area contributed by atoms with Crippen LogP contribution in [0.5, 0.6) is 5.75 Å². The lowest BCUT2D eigenvalue weighted by atomic mass is 9.98. The van der Waals surface area contributed by atoms with Crippen molar-refractivity contribution in [3.8, 4) is 16.9 Å². The standard InChI is InChI=1S/C20H18BrNO3/c1-2-3-12-25-20(24)17-18(23)16-14(13-8-5-4-6-9-13)10-7-11-15(16)19(21)22-17/h4-11,23H,2-3,12H2,1H3. The third-order valence-electron chi connectivity index (χ3n) is 3.97. The molecule has 0 amide bonds. The number of aromatic hydroxyl groups is 1. The zero-order chi connectivity index (χ0) is 17.8. The Morgan fingerprint density at radius 1 is 1.16 bits per heavy atom. The van der Waals surface area contributed by atoms with Gasteiger partial charge in [-0.25, -0.2) is 9.78 Å². The van der Waals surface area contributed by atoms with Crippen molar-refractivity contribution in [1.29, 1.82) is 0 Å². The molecule has 0 aliphatic carbocycles. The monoisotopic (exact) mass is 399 g/mol. The van der Waals surface area contributed by atoms with Crippen LogP contribution in [0.15, 0.2) is 53.1 Å². The van der Waals surface area contributed by atoms with Crippen molar-refractivity contribution in [2.75, 3.05) is 6.61 Å². The van der Waals surface area contributed by atoms with Crippen LogP contribution in [0.1, 0.15) is 30.3 Å². The summed E-state index contributed by atoms with van der Waals surface area (Å²) in [5, 5.41) is 12.1. The lowest BCUT2D eigenvalue weighted by Gasteiger charge is -2.13. The van der Waals surface area contributed by atoms with Crippen molar-refractivity contribution in [1.82, 2.24) is 4.98 Å². The summed E-state index contributed by atoms with van der Waals surface area (Å²) in [5.41, 5.74) is 1.71. The Morgan fingerprint density at radius 3 is 2.64 bits per heavy atom. The molecule has 0 saturated heterocycles. The van der Waals surface area contributed by atoms with Gasteiger partial charge in [0.15, 0.2) is 11.4 Å². The number of rotatable bonds is 5. The normalized spacial score (nSPS) is 10.8. The summed E-state index contributed by atoms with van der Waals surface area (Å²) >= 11 is 3.41. The molecule has 0 aliphatic rings. The molecule has 128 valence electrons. The van der Waals surface area contributed by atoms with Crippen molar-refractivity contribution in [2.45, 2.75) is 19.8 Å². The molecule has 3 aromatic rings. The average Bonchev–Trinajstić information content (AvgIpc) is 2.65. The number of carbonyl (C=O) groups excluding carboxylic acids is 1.